The molecule has 0 N–H and O–H groups in total. The molecule has 3 atom stereocenters. The van der Waals surface area contributed by atoms with Gasteiger partial charge in [-0.1, -0.05) is 122 Å². The van der Waals surface area contributed by atoms with Crippen LogP contribution < -0.4 is 4.90 Å². The molecule has 296 valence electrons. The zero-order chi connectivity index (χ0) is 39.6. The first-order chi connectivity index (χ1) is 30.2. The van der Waals surface area contributed by atoms with Gasteiger partial charge in [0.15, 0.2) is 0 Å². The molecule has 8 aliphatic rings. The van der Waals surface area contributed by atoms with Crippen LogP contribution in [-0.4, -0.2) is 0 Å². The molecule has 0 amide bonds. The van der Waals surface area contributed by atoms with Gasteiger partial charge in [0.25, 0.3) is 0 Å². The van der Waals surface area contributed by atoms with Gasteiger partial charge >= 0.3 is 0 Å². The van der Waals surface area contributed by atoms with Crippen LogP contribution in [0.5, 0.6) is 0 Å². The van der Waals surface area contributed by atoms with Crippen molar-refractivity contribution in [3.05, 3.63) is 174 Å². The van der Waals surface area contributed by atoms with Gasteiger partial charge in [0.2, 0.25) is 0 Å². The normalized spacial score (nSPS) is 29.2. The molecular weight excluding hydrogens is 739 g/mol. The number of anilines is 3. The molecular formula is C59H49NO. The SMILES string of the molecule is c1ccc2c(c1)-c1c(N(c3ccc(-c4cccc5c4oc4ccccc45)cc3)c3ccc4c(c3)-c3ccccc3C43C4CC5CC(C4)CC3C5)cccc1C21CC2CCC1C2. The summed E-state index contributed by atoms with van der Waals surface area (Å²) in [6.45, 7) is 0. The number of para-hydroxylation sites is 2. The van der Waals surface area contributed by atoms with Crippen molar-refractivity contribution in [2.75, 3.05) is 4.90 Å². The van der Waals surface area contributed by atoms with Gasteiger partial charge in [-0.2, -0.15) is 0 Å². The lowest BCUT2D eigenvalue weighted by Crippen LogP contribution is -2.55. The number of nitrogens with zero attached hydrogens (tertiary/aromatic N) is 1. The van der Waals surface area contributed by atoms with E-state index < -0.39 is 0 Å². The van der Waals surface area contributed by atoms with Crippen molar-refractivity contribution in [2.45, 2.75) is 68.6 Å². The average Bonchev–Trinajstić information content (AvgIpc) is 4.13. The molecule has 2 spiro atoms. The zero-order valence-electron chi connectivity index (χ0n) is 34.6. The Morgan fingerprint density at radius 3 is 1.92 bits per heavy atom. The molecule has 8 aliphatic carbocycles. The summed E-state index contributed by atoms with van der Waals surface area (Å²) in [7, 11) is 0. The van der Waals surface area contributed by atoms with E-state index in [0.29, 0.717) is 0 Å². The highest BCUT2D eigenvalue weighted by atomic mass is 16.3. The van der Waals surface area contributed by atoms with E-state index in [9.17, 15) is 0 Å². The molecule has 8 aromatic rings. The summed E-state index contributed by atoms with van der Waals surface area (Å²) in [5.41, 5.74) is 20.4. The van der Waals surface area contributed by atoms with Crippen molar-refractivity contribution in [3.63, 3.8) is 0 Å². The maximum absolute atomic E-state index is 6.55. The van der Waals surface area contributed by atoms with E-state index in [1.807, 2.05) is 0 Å². The first-order valence-corrected chi connectivity index (χ1v) is 23.5. The van der Waals surface area contributed by atoms with Crippen LogP contribution in [0.1, 0.15) is 80.0 Å². The van der Waals surface area contributed by atoms with Gasteiger partial charge < -0.3 is 9.32 Å². The Balaban J connectivity index is 0.939. The van der Waals surface area contributed by atoms with Crippen molar-refractivity contribution in [1.29, 1.82) is 0 Å². The molecule has 6 bridgehead atoms. The Hall–Kier alpha value is -5.86. The summed E-state index contributed by atoms with van der Waals surface area (Å²) in [6.07, 6.45) is 12.5. The molecule has 6 fully saturated rings. The summed E-state index contributed by atoms with van der Waals surface area (Å²) in [5, 5.41) is 2.34. The van der Waals surface area contributed by atoms with Crippen LogP contribution in [0.2, 0.25) is 0 Å². The lowest BCUT2D eigenvalue weighted by molar-refractivity contribution is -0.0399. The first-order valence-electron chi connectivity index (χ1n) is 23.5. The minimum Gasteiger partial charge on any atom is -0.455 e. The molecule has 2 nitrogen and oxygen atoms in total. The predicted molar refractivity (Wildman–Crippen MR) is 249 cm³/mol. The summed E-state index contributed by atoms with van der Waals surface area (Å²) in [5.74, 6) is 4.93. The van der Waals surface area contributed by atoms with Gasteiger partial charge in [0.1, 0.15) is 11.2 Å². The fourth-order valence-electron chi connectivity index (χ4n) is 16.1. The van der Waals surface area contributed by atoms with E-state index >= 15 is 0 Å². The maximum atomic E-state index is 6.55. The second-order valence-corrected chi connectivity index (χ2v) is 20.4. The summed E-state index contributed by atoms with van der Waals surface area (Å²) in [4.78, 5) is 2.62. The fourth-order valence-corrected chi connectivity index (χ4v) is 16.1. The highest BCUT2D eigenvalue weighted by Crippen LogP contribution is 2.70. The Morgan fingerprint density at radius 1 is 0.459 bits per heavy atom. The van der Waals surface area contributed by atoms with Crippen LogP contribution in [0, 0.1) is 35.5 Å². The molecule has 7 aromatic carbocycles. The van der Waals surface area contributed by atoms with E-state index in [4.69, 9.17) is 4.42 Å². The molecule has 6 saturated carbocycles. The number of benzene rings is 7. The van der Waals surface area contributed by atoms with Crippen LogP contribution in [0.25, 0.3) is 55.3 Å². The third-order valence-corrected chi connectivity index (χ3v) is 17.9. The van der Waals surface area contributed by atoms with Crippen LogP contribution >= 0.6 is 0 Å². The largest absolute Gasteiger partial charge is 0.455 e. The molecule has 61 heavy (non-hydrogen) atoms. The molecule has 1 heterocycles. The highest BCUT2D eigenvalue weighted by molar-refractivity contribution is 6.09. The standard InChI is InChI=1S/C59H49NO/c1-5-15-51-45(9-1)49-33-43(25-26-52(49)59(51)40-29-36-27-37(31-40)32-41(59)30-36)60(42-23-20-38(21-24-42)44-12-7-13-47-46-10-3-6-18-55(46)61-57(44)47)54-17-8-16-53-56(54)48-11-2-4-14-50(48)58(53)34-35-19-22-39(58)28-35/h1-18,20-21,23-26,33,35-37,39-41H,19,22,27-32,34H2. The molecule has 2 heteroatoms. The molecule has 0 radical (unpaired) electrons. The smallest absolute Gasteiger partial charge is 0.143 e. The Morgan fingerprint density at radius 2 is 1.11 bits per heavy atom. The maximum Gasteiger partial charge on any atom is 0.143 e. The molecule has 0 aliphatic heterocycles. The lowest BCUT2D eigenvalue weighted by atomic mass is 9.43. The summed E-state index contributed by atoms with van der Waals surface area (Å²) in [6, 6.07) is 58.5. The fraction of sp³-hybridized carbons (Fsp3) is 0.288. The number of hydrogen-bond acceptors (Lipinski definition) is 2. The highest BCUT2D eigenvalue weighted by Gasteiger charge is 2.62. The van der Waals surface area contributed by atoms with Crippen LogP contribution in [0.15, 0.2) is 156 Å². The summed E-state index contributed by atoms with van der Waals surface area (Å²) >= 11 is 0. The Bertz CT molecular complexity index is 3120. The number of fused-ring (bicyclic) bond motifs is 14. The second kappa shape index (κ2) is 11.9. The quantitative estimate of drug-likeness (QED) is 0.177. The van der Waals surface area contributed by atoms with E-state index in [-0.39, 0.29) is 10.8 Å². The van der Waals surface area contributed by atoms with Crippen LogP contribution in [-0.2, 0) is 10.8 Å². The van der Waals surface area contributed by atoms with Gasteiger partial charge in [0, 0.05) is 44.1 Å². The van der Waals surface area contributed by atoms with Crippen molar-refractivity contribution < 1.29 is 4.42 Å². The number of hydrogen-bond donors (Lipinski definition) is 0. The van der Waals surface area contributed by atoms with E-state index in [0.717, 1.165) is 52.2 Å². The minimum absolute atomic E-state index is 0.119. The zero-order valence-corrected chi connectivity index (χ0v) is 34.6. The van der Waals surface area contributed by atoms with Gasteiger partial charge in [0.05, 0.1) is 5.69 Å². The Kier molecular flexibility index (Phi) is 6.62. The van der Waals surface area contributed by atoms with Gasteiger partial charge in [-0.25, -0.2) is 0 Å². The topological polar surface area (TPSA) is 16.4 Å². The number of rotatable bonds is 4. The van der Waals surface area contributed by atoms with Gasteiger partial charge in [-0.15, -0.1) is 0 Å². The third kappa shape index (κ3) is 4.25. The van der Waals surface area contributed by atoms with Crippen LogP contribution in [0.3, 0.4) is 0 Å². The second-order valence-electron chi connectivity index (χ2n) is 20.4. The van der Waals surface area contributed by atoms with Crippen molar-refractivity contribution in [1.82, 2.24) is 0 Å². The molecule has 1 aromatic heterocycles. The van der Waals surface area contributed by atoms with Crippen molar-refractivity contribution in [3.8, 4) is 33.4 Å². The molecule has 3 unspecified atom stereocenters. The first kappa shape index (κ1) is 33.8. The molecule has 16 rings (SSSR count). The average molecular weight is 788 g/mol. The minimum atomic E-state index is 0.119. The van der Waals surface area contributed by atoms with E-state index in [2.05, 4.69) is 157 Å². The monoisotopic (exact) mass is 787 g/mol. The number of furan rings is 1. The van der Waals surface area contributed by atoms with Crippen molar-refractivity contribution in [2.24, 2.45) is 35.5 Å². The van der Waals surface area contributed by atoms with Crippen LogP contribution in [0.4, 0.5) is 17.1 Å². The lowest BCUT2D eigenvalue weighted by Gasteiger charge is -2.61. The third-order valence-electron chi connectivity index (χ3n) is 17.9. The van der Waals surface area contributed by atoms with E-state index in [1.165, 1.54) is 113 Å². The Labute approximate surface area is 358 Å². The van der Waals surface area contributed by atoms with Gasteiger partial charge in [-0.3, -0.25) is 0 Å². The summed E-state index contributed by atoms with van der Waals surface area (Å²) < 4.78 is 6.55. The van der Waals surface area contributed by atoms with Crippen molar-refractivity contribution >= 4 is 39.0 Å². The van der Waals surface area contributed by atoms with Gasteiger partial charge in [-0.05, 0) is 168 Å². The molecule has 0 saturated heterocycles. The predicted octanol–water partition coefficient (Wildman–Crippen LogP) is 15.5. The van der Waals surface area contributed by atoms with E-state index in [1.54, 1.807) is 22.3 Å².